The van der Waals surface area contributed by atoms with Gasteiger partial charge in [-0.25, -0.2) is 4.79 Å². The lowest BCUT2D eigenvalue weighted by molar-refractivity contribution is -0.146. The third-order valence-electron chi connectivity index (χ3n) is 4.29. The second-order valence-corrected chi connectivity index (χ2v) is 7.87. The predicted molar refractivity (Wildman–Crippen MR) is 102 cm³/mol. The van der Waals surface area contributed by atoms with Gasteiger partial charge in [-0.3, -0.25) is 9.59 Å². The maximum atomic E-state index is 12.5. The van der Waals surface area contributed by atoms with E-state index in [-0.39, 0.29) is 12.2 Å². The summed E-state index contributed by atoms with van der Waals surface area (Å²) in [6.45, 7) is 7.24. The Morgan fingerprint density at radius 1 is 1.15 bits per heavy atom. The van der Waals surface area contributed by atoms with Crippen LogP contribution < -0.4 is 5.32 Å². The van der Waals surface area contributed by atoms with E-state index < -0.39 is 23.8 Å². The zero-order chi connectivity index (χ0) is 20.0. The van der Waals surface area contributed by atoms with Crippen LogP contribution in [0.5, 0.6) is 0 Å². The lowest BCUT2D eigenvalue weighted by Gasteiger charge is -2.19. The molecular formula is C21H29NO5. The molecule has 0 saturated carbocycles. The van der Waals surface area contributed by atoms with Crippen molar-refractivity contribution < 1.29 is 23.9 Å². The van der Waals surface area contributed by atoms with Crippen LogP contribution in [0.4, 0.5) is 4.79 Å². The zero-order valence-corrected chi connectivity index (χ0v) is 16.6. The molecule has 1 aromatic rings. The molecule has 1 aliphatic rings. The highest BCUT2D eigenvalue weighted by atomic mass is 16.6. The molecule has 0 aromatic heterocycles. The van der Waals surface area contributed by atoms with Crippen LogP contribution in [-0.4, -0.2) is 36.1 Å². The molecule has 0 fully saturated rings. The van der Waals surface area contributed by atoms with Gasteiger partial charge in [-0.15, -0.1) is 0 Å². The maximum Gasteiger partial charge on any atom is 0.407 e. The van der Waals surface area contributed by atoms with Gasteiger partial charge in [-0.2, -0.15) is 0 Å². The summed E-state index contributed by atoms with van der Waals surface area (Å²) in [5.74, 6) is -0.645. The molecule has 6 heteroatoms. The number of esters is 1. The summed E-state index contributed by atoms with van der Waals surface area (Å²) in [4.78, 5) is 35.9. The standard InChI is InChI=1S/C21H29NO5/c1-14(19(24)17-11-10-15-7-5-8-16(15)13-17)26-18(23)9-6-12-22-20(25)27-21(2,3)4/h10-11,13-14H,5-9,12H2,1-4H3,(H,22,25)/t14-/m0/s1. The minimum atomic E-state index is -0.823. The van der Waals surface area contributed by atoms with Crippen molar-refractivity contribution >= 4 is 17.8 Å². The topological polar surface area (TPSA) is 81.7 Å². The minimum absolute atomic E-state index is 0.123. The summed E-state index contributed by atoms with van der Waals surface area (Å²) in [5.41, 5.74) is 2.54. The zero-order valence-electron chi connectivity index (χ0n) is 16.6. The van der Waals surface area contributed by atoms with Gasteiger partial charge in [0.15, 0.2) is 6.10 Å². The fourth-order valence-electron chi connectivity index (χ4n) is 3.01. The van der Waals surface area contributed by atoms with Crippen molar-refractivity contribution in [3.63, 3.8) is 0 Å². The summed E-state index contributed by atoms with van der Waals surface area (Å²) >= 11 is 0. The van der Waals surface area contributed by atoms with Gasteiger partial charge in [-0.05, 0) is 70.6 Å². The number of benzene rings is 1. The molecular weight excluding hydrogens is 346 g/mol. The number of amides is 1. The van der Waals surface area contributed by atoms with E-state index >= 15 is 0 Å². The van der Waals surface area contributed by atoms with Crippen molar-refractivity contribution in [3.8, 4) is 0 Å². The number of fused-ring (bicyclic) bond motifs is 1. The number of nitrogens with one attached hydrogen (secondary N) is 1. The molecule has 148 valence electrons. The predicted octanol–water partition coefficient (Wildman–Crippen LogP) is 3.59. The van der Waals surface area contributed by atoms with E-state index in [1.807, 2.05) is 18.2 Å². The van der Waals surface area contributed by atoms with Gasteiger partial charge in [0.25, 0.3) is 0 Å². The second-order valence-electron chi connectivity index (χ2n) is 7.87. The van der Waals surface area contributed by atoms with E-state index in [0.29, 0.717) is 18.5 Å². The number of ether oxygens (including phenoxy) is 2. The van der Waals surface area contributed by atoms with Crippen LogP contribution in [0.3, 0.4) is 0 Å². The molecule has 0 saturated heterocycles. The largest absolute Gasteiger partial charge is 0.454 e. The third kappa shape index (κ3) is 6.70. The van der Waals surface area contributed by atoms with Gasteiger partial charge in [-0.1, -0.05) is 12.1 Å². The van der Waals surface area contributed by atoms with E-state index in [9.17, 15) is 14.4 Å². The third-order valence-corrected chi connectivity index (χ3v) is 4.29. The van der Waals surface area contributed by atoms with Gasteiger partial charge >= 0.3 is 12.1 Å². The molecule has 27 heavy (non-hydrogen) atoms. The molecule has 2 rings (SSSR count). The average Bonchev–Trinajstić information content (AvgIpc) is 3.04. The molecule has 0 heterocycles. The van der Waals surface area contributed by atoms with Gasteiger partial charge in [0.2, 0.25) is 5.78 Å². The van der Waals surface area contributed by atoms with E-state index in [0.717, 1.165) is 19.3 Å². The Morgan fingerprint density at radius 2 is 1.85 bits per heavy atom. The van der Waals surface area contributed by atoms with Crippen molar-refractivity contribution in [2.45, 2.75) is 71.5 Å². The number of hydrogen-bond acceptors (Lipinski definition) is 5. The molecule has 1 atom stereocenters. The maximum absolute atomic E-state index is 12.5. The van der Waals surface area contributed by atoms with E-state index in [1.165, 1.54) is 11.1 Å². The van der Waals surface area contributed by atoms with Gasteiger partial charge in [0, 0.05) is 18.5 Å². The number of carbonyl (C=O) groups excluding carboxylic acids is 3. The van der Waals surface area contributed by atoms with Crippen LogP contribution in [0.1, 0.15) is 68.4 Å². The van der Waals surface area contributed by atoms with E-state index in [4.69, 9.17) is 9.47 Å². The normalized spacial score (nSPS) is 14.2. The number of rotatable bonds is 7. The first-order chi connectivity index (χ1) is 12.7. The average molecular weight is 375 g/mol. The van der Waals surface area contributed by atoms with Crippen LogP contribution in [0.15, 0.2) is 18.2 Å². The number of hydrogen-bond donors (Lipinski definition) is 1. The van der Waals surface area contributed by atoms with Gasteiger partial charge < -0.3 is 14.8 Å². The Hall–Kier alpha value is -2.37. The molecule has 0 bridgehead atoms. The lowest BCUT2D eigenvalue weighted by atomic mass is 10.0. The molecule has 0 unspecified atom stereocenters. The quantitative estimate of drug-likeness (QED) is 0.447. The van der Waals surface area contributed by atoms with Crippen LogP contribution >= 0.6 is 0 Å². The highest BCUT2D eigenvalue weighted by molar-refractivity contribution is 6.00. The van der Waals surface area contributed by atoms with E-state index in [2.05, 4.69) is 5.32 Å². The molecule has 6 nitrogen and oxygen atoms in total. The summed E-state index contributed by atoms with van der Waals surface area (Å²) in [6, 6.07) is 5.72. The van der Waals surface area contributed by atoms with Crippen molar-refractivity contribution in [2.75, 3.05) is 6.54 Å². The van der Waals surface area contributed by atoms with Crippen molar-refractivity contribution in [2.24, 2.45) is 0 Å². The first-order valence-electron chi connectivity index (χ1n) is 9.48. The first-order valence-corrected chi connectivity index (χ1v) is 9.48. The molecule has 1 N–H and O–H groups in total. The number of aryl methyl sites for hydroxylation is 2. The Labute approximate surface area is 160 Å². The fraction of sp³-hybridized carbons (Fsp3) is 0.571. The highest BCUT2D eigenvalue weighted by Crippen LogP contribution is 2.23. The Balaban J connectivity index is 1.72. The van der Waals surface area contributed by atoms with Crippen molar-refractivity contribution in [1.29, 1.82) is 0 Å². The summed E-state index contributed by atoms with van der Waals surface area (Å²) in [6.07, 6.45) is 2.37. The van der Waals surface area contributed by atoms with Gasteiger partial charge in [0.05, 0.1) is 0 Å². The van der Waals surface area contributed by atoms with Crippen LogP contribution in [0.25, 0.3) is 0 Å². The van der Waals surface area contributed by atoms with Crippen LogP contribution in [-0.2, 0) is 27.1 Å². The molecule has 1 amide bonds. The first kappa shape index (κ1) is 20.9. The molecule has 1 aromatic carbocycles. The van der Waals surface area contributed by atoms with Crippen molar-refractivity contribution in [3.05, 3.63) is 34.9 Å². The molecule has 0 radical (unpaired) electrons. The Morgan fingerprint density at radius 3 is 2.56 bits per heavy atom. The minimum Gasteiger partial charge on any atom is -0.454 e. The van der Waals surface area contributed by atoms with Gasteiger partial charge in [0.1, 0.15) is 5.60 Å². The SMILES string of the molecule is C[C@H](OC(=O)CCCNC(=O)OC(C)(C)C)C(=O)c1ccc2c(c1)CCC2. The summed E-state index contributed by atoms with van der Waals surface area (Å²) in [7, 11) is 0. The molecule has 0 aliphatic heterocycles. The monoisotopic (exact) mass is 375 g/mol. The van der Waals surface area contributed by atoms with Crippen LogP contribution in [0, 0.1) is 0 Å². The number of ketones is 1. The van der Waals surface area contributed by atoms with Crippen LogP contribution in [0.2, 0.25) is 0 Å². The smallest absolute Gasteiger partial charge is 0.407 e. The fourth-order valence-corrected chi connectivity index (χ4v) is 3.01. The highest BCUT2D eigenvalue weighted by Gasteiger charge is 2.21. The summed E-state index contributed by atoms with van der Waals surface area (Å²) < 4.78 is 10.4. The number of carbonyl (C=O) groups is 3. The molecule has 0 spiro atoms. The number of alkyl carbamates (subject to hydrolysis) is 1. The summed E-state index contributed by atoms with van der Waals surface area (Å²) in [5, 5.41) is 2.58. The Bertz CT molecular complexity index is 705. The molecule has 1 aliphatic carbocycles. The second kappa shape index (κ2) is 9.02. The van der Waals surface area contributed by atoms with Crippen molar-refractivity contribution in [1.82, 2.24) is 5.32 Å². The van der Waals surface area contributed by atoms with E-state index in [1.54, 1.807) is 27.7 Å². The number of Topliss-reactive ketones (excluding diaryl/α,β-unsaturated/α-hetero) is 1. The Kier molecular flexibility index (Phi) is 6.99. The lowest BCUT2D eigenvalue weighted by Crippen LogP contribution is -2.33.